The van der Waals surface area contributed by atoms with E-state index in [1.165, 1.54) is 12.1 Å². The lowest BCUT2D eigenvalue weighted by atomic mass is 10.1. The summed E-state index contributed by atoms with van der Waals surface area (Å²) in [5.41, 5.74) is 6.30. The molecule has 1 aromatic rings. The maximum absolute atomic E-state index is 13.1. The molecule has 0 amide bonds. The van der Waals surface area contributed by atoms with Crippen molar-refractivity contribution in [3.63, 3.8) is 0 Å². The molecular formula is C10H9BrFNO. The van der Waals surface area contributed by atoms with Crippen molar-refractivity contribution in [1.82, 2.24) is 0 Å². The Hall–Kier alpha value is -0.900. The van der Waals surface area contributed by atoms with Crippen LogP contribution in [0.3, 0.4) is 0 Å². The molecule has 0 radical (unpaired) electrons. The summed E-state index contributed by atoms with van der Waals surface area (Å²) in [7, 11) is 0. The van der Waals surface area contributed by atoms with Crippen LogP contribution in [0, 0.1) is 11.7 Å². The van der Waals surface area contributed by atoms with E-state index in [0.717, 1.165) is 12.8 Å². The molecule has 1 aliphatic rings. The molecule has 0 aromatic heterocycles. The predicted octanol–water partition coefficient (Wildman–Crippen LogP) is 2.76. The Morgan fingerprint density at radius 2 is 2.14 bits per heavy atom. The third-order valence-electron chi connectivity index (χ3n) is 2.31. The summed E-state index contributed by atoms with van der Waals surface area (Å²) in [6.07, 6.45) is 1.80. The number of Topliss-reactive ketones (excluding diaryl/α,β-unsaturated/α-hetero) is 1. The van der Waals surface area contributed by atoms with Crippen LogP contribution in [0.1, 0.15) is 23.2 Å². The van der Waals surface area contributed by atoms with Crippen LogP contribution in [0.5, 0.6) is 0 Å². The highest BCUT2D eigenvalue weighted by atomic mass is 79.9. The molecule has 0 saturated heterocycles. The molecule has 14 heavy (non-hydrogen) atoms. The minimum atomic E-state index is -0.441. The zero-order valence-electron chi connectivity index (χ0n) is 7.39. The van der Waals surface area contributed by atoms with Crippen LogP contribution in [0.15, 0.2) is 16.6 Å². The van der Waals surface area contributed by atoms with Gasteiger partial charge in [-0.15, -0.1) is 0 Å². The lowest BCUT2D eigenvalue weighted by molar-refractivity contribution is 0.0968. The molecule has 4 heteroatoms. The summed E-state index contributed by atoms with van der Waals surface area (Å²) >= 11 is 3.02. The molecule has 0 bridgehead atoms. The molecule has 2 rings (SSSR count). The van der Waals surface area contributed by atoms with Gasteiger partial charge in [0.1, 0.15) is 5.82 Å². The number of ketones is 1. The smallest absolute Gasteiger partial charge is 0.168 e. The van der Waals surface area contributed by atoms with E-state index in [-0.39, 0.29) is 11.7 Å². The minimum Gasteiger partial charge on any atom is -0.398 e. The monoisotopic (exact) mass is 257 g/mol. The Labute approximate surface area is 89.4 Å². The zero-order chi connectivity index (χ0) is 10.3. The van der Waals surface area contributed by atoms with Crippen molar-refractivity contribution in [3.8, 4) is 0 Å². The first kappa shape index (κ1) is 9.65. The number of nitrogen functional groups attached to an aromatic ring is 1. The predicted molar refractivity (Wildman–Crippen MR) is 55.6 cm³/mol. The fraction of sp³-hybridized carbons (Fsp3) is 0.300. The molecule has 0 atom stereocenters. The Morgan fingerprint density at radius 3 is 2.71 bits per heavy atom. The van der Waals surface area contributed by atoms with Crippen molar-refractivity contribution in [1.29, 1.82) is 0 Å². The number of nitrogens with two attached hydrogens (primary N) is 1. The summed E-state index contributed by atoms with van der Waals surface area (Å²) < 4.78 is 13.4. The van der Waals surface area contributed by atoms with Crippen molar-refractivity contribution in [2.75, 3.05) is 5.73 Å². The van der Waals surface area contributed by atoms with Gasteiger partial charge >= 0.3 is 0 Å². The first-order valence-electron chi connectivity index (χ1n) is 4.38. The fourth-order valence-electron chi connectivity index (χ4n) is 1.34. The Bertz CT molecular complexity index is 401. The molecule has 0 spiro atoms. The van der Waals surface area contributed by atoms with E-state index in [4.69, 9.17) is 5.73 Å². The summed E-state index contributed by atoms with van der Waals surface area (Å²) in [4.78, 5) is 11.6. The number of hydrogen-bond donors (Lipinski definition) is 1. The lowest BCUT2D eigenvalue weighted by Crippen LogP contribution is -2.06. The van der Waals surface area contributed by atoms with Gasteiger partial charge in [-0.2, -0.15) is 0 Å². The highest BCUT2D eigenvalue weighted by molar-refractivity contribution is 9.10. The normalized spacial score (nSPS) is 15.6. The number of carbonyl (C=O) groups excluding carboxylic acids is 1. The lowest BCUT2D eigenvalue weighted by Gasteiger charge is -2.05. The molecule has 1 aliphatic carbocycles. The topological polar surface area (TPSA) is 43.1 Å². The van der Waals surface area contributed by atoms with Gasteiger partial charge in [0.2, 0.25) is 0 Å². The maximum Gasteiger partial charge on any atom is 0.168 e. The van der Waals surface area contributed by atoms with Crippen molar-refractivity contribution in [2.45, 2.75) is 12.8 Å². The van der Waals surface area contributed by atoms with Crippen molar-refractivity contribution in [3.05, 3.63) is 28.0 Å². The van der Waals surface area contributed by atoms with Gasteiger partial charge in [0.15, 0.2) is 5.78 Å². The van der Waals surface area contributed by atoms with Crippen LogP contribution in [-0.2, 0) is 0 Å². The highest BCUT2D eigenvalue weighted by Crippen LogP contribution is 2.35. The molecule has 1 saturated carbocycles. The van der Waals surface area contributed by atoms with Gasteiger partial charge in [0, 0.05) is 17.2 Å². The molecule has 0 unspecified atom stereocenters. The first-order valence-corrected chi connectivity index (χ1v) is 5.17. The SMILES string of the molecule is Nc1cc(Br)c(F)cc1C(=O)C1CC1. The third kappa shape index (κ3) is 1.66. The standard InChI is InChI=1S/C10H9BrFNO/c11-7-4-9(13)6(3-8(7)12)10(14)5-1-2-5/h3-5H,1-2,13H2. The van der Waals surface area contributed by atoms with Gasteiger partial charge in [0.05, 0.1) is 4.47 Å². The Balaban J connectivity index is 2.41. The average Bonchev–Trinajstić information content (AvgIpc) is 2.93. The molecule has 0 heterocycles. The van der Waals surface area contributed by atoms with E-state index < -0.39 is 5.82 Å². The van der Waals surface area contributed by atoms with Crippen LogP contribution >= 0.6 is 15.9 Å². The van der Waals surface area contributed by atoms with Gasteiger partial charge in [-0.25, -0.2) is 4.39 Å². The van der Waals surface area contributed by atoms with Gasteiger partial charge < -0.3 is 5.73 Å². The second kappa shape index (κ2) is 3.35. The molecule has 0 aliphatic heterocycles. The van der Waals surface area contributed by atoms with Crippen LogP contribution in [0.2, 0.25) is 0 Å². The van der Waals surface area contributed by atoms with Crippen LogP contribution in [0.25, 0.3) is 0 Å². The summed E-state index contributed by atoms with van der Waals surface area (Å²) in [5, 5.41) is 0. The summed E-state index contributed by atoms with van der Waals surface area (Å²) in [6, 6.07) is 2.64. The number of anilines is 1. The van der Waals surface area contributed by atoms with E-state index in [0.29, 0.717) is 15.7 Å². The Kier molecular flexibility index (Phi) is 2.31. The van der Waals surface area contributed by atoms with E-state index in [1.54, 1.807) is 0 Å². The van der Waals surface area contributed by atoms with Gasteiger partial charge in [-0.1, -0.05) is 0 Å². The van der Waals surface area contributed by atoms with Gasteiger partial charge in [0.25, 0.3) is 0 Å². The van der Waals surface area contributed by atoms with E-state index >= 15 is 0 Å². The number of hydrogen-bond acceptors (Lipinski definition) is 2. The van der Waals surface area contributed by atoms with E-state index in [1.807, 2.05) is 0 Å². The maximum atomic E-state index is 13.1. The highest BCUT2D eigenvalue weighted by Gasteiger charge is 2.31. The second-order valence-corrected chi connectivity index (χ2v) is 4.35. The quantitative estimate of drug-likeness (QED) is 0.654. The molecule has 2 N–H and O–H groups in total. The summed E-state index contributed by atoms with van der Waals surface area (Å²) in [6.45, 7) is 0. The first-order chi connectivity index (χ1) is 6.59. The van der Waals surface area contributed by atoms with Crippen LogP contribution in [0.4, 0.5) is 10.1 Å². The number of rotatable bonds is 2. The third-order valence-corrected chi connectivity index (χ3v) is 2.91. The van der Waals surface area contributed by atoms with Gasteiger partial charge in [-0.05, 0) is 40.9 Å². The second-order valence-electron chi connectivity index (χ2n) is 3.49. The van der Waals surface area contributed by atoms with E-state index in [9.17, 15) is 9.18 Å². The average molecular weight is 258 g/mol. The van der Waals surface area contributed by atoms with Crippen molar-refractivity contribution in [2.24, 2.45) is 5.92 Å². The van der Waals surface area contributed by atoms with Crippen LogP contribution < -0.4 is 5.73 Å². The molecule has 74 valence electrons. The zero-order valence-corrected chi connectivity index (χ0v) is 8.97. The van der Waals surface area contributed by atoms with E-state index in [2.05, 4.69) is 15.9 Å². The molecule has 1 fully saturated rings. The number of carbonyl (C=O) groups is 1. The fourth-order valence-corrected chi connectivity index (χ4v) is 1.70. The largest absolute Gasteiger partial charge is 0.398 e. The number of halogens is 2. The van der Waals surface area contributed by atoms with Crippen molar-refractivity contribution < 1.29 is 9.18 Å². The van der Waals surface area contributed by atoms with Crippen molar-refractivity contribution >= 4 is 27.4 Å². The number of benzene rings is 1. The van der Waals surface area contributed by atoms with Crippen LogP contribution in [-0.4, -0.2) is 5.78 Å². The Morgan fingerprint density at radius 1 is 1.50 bits per heavy atom. The summed E-state index contributed by atoms with van der Waals surface area (Å²) in [5.74, 6) is -0.407. The molecule has 2 nitrogen and oxygen atoms in total. The molecule has 1 aromatic carbocycles. The van der Waals surface area contributed by atoms with Gasteiger partial charge in [-0.3, -0.25) is 4.79 Å². The minimum absolute atomic E-state index is 0.0334. The molecular weight excluding hydrogens is 249 g/mol.